The van der Waals surface area contributed by atoms with E-state index in [4.69, 9.17) is 4.98 Å². The monoisotopic (exact) mass is 312 g/mol. The highest BCUT2D eigenvalue weighted by Gasteiger charge is 2.21. The lowest BCUT2D eigenvalue weighted by atomic mass is 10.1. The molecular formula is C18H19FN3O+. The van der Waals surface area contributed by atoms with Crippen molar-refractivity contribution < 1.29 is 9.71 Å². The van der Waals surface area contributed by atoms with Gasteiger partial charge in [0.15, 0.2) is 5.82 Å². The summed E-state index contributed by atoms with van der Waals surface area (Å²) in [4.78, 5) is 17.7. The SMILES string of the molecule is CC[C@@H]([NH2+]C)c1nc2ccccc2c(=O)n1-c1ccc(F)cc1. The van der Waals surface area contributed by atoms with E-state index in [0.29, 0.717) is 22.4 Å². The number of nitrogens with two attached hydrogens (primary N) is 1. The molecule has 4 nitrogen and oxygen atoms in total. The lowest BCUT2D eigenvalue weighted by Gasteiger charge is -2.18. The van der Waals surface area contributed by atoms with Gasteiger partial charge in [0, 0.05) is 6.42 Å². The van der Waals surface area contributed by atoms with E-state index in [2.05, 4.69) is 6.92 Å². The van der Waals surface area contributed by atoms with Gasteiger partial charge in [0.05, 0.1) is 23.6 Å². The fourth-order valence-corrected chi connectivity index (χ4v) is 2.81. The van der Waals surface area contributed by atoms with Crippen LogP contribution in [0.15, 0.2) is 53.3 Å². The van der Waals surface area contributed by atoms with Crippen molar-refractivity contribution in [2.45, 2.75) is 19.4 Å². The molecule has 0 radical (unpaired) electrons. The van der Waals surface area contributed by atoms with E-state index in [1.54, 1.807) is 22.8 Å². The Labute approximate surface area is 133 Å². The smallest absolute Gasteiger partial charge is 0.266 e. The van der Waals surface area contributed by atoms with E-state index >= 15 is 0 Å². The lowest BCUT2D eigenvalue weighted by Crippen LogP contribution is -2.81. The third kappa shape index (κ3) is 2.75. The van der Waals surface area contributed by atoms with Gasteiger partial charge in [-0.3, -0.25) is 9.36 Å². The Kier molecular flexibility index (Phi) is 4.21. The van der Waals surface area contributed by atoms with Gasteiger partial charge in [-0.2, -0.15) is 0 Å². The van der Waals surface area contributed by atoms with Gasteiger partial charge in [-0.05, 0) is 36.4 Å². The fraction of sp³-hybridized carbons (Fsp3) is 0.222. The number of nitrogens with zero attached hydrogens (tertiary/aromatic N) is 2. The van der Waals surface area contributed by atoms with Crippen LogP contribution < -0.4 is 10.9 Å². The molecule has 0 saturated carbocycles. The first-order chi connectivity index (χ1) is 11.2. The number of para-hydroxylation sites is 1. The molecule has 0 fully saturated rings. The van der Waals surface area contributed by atoms with E-state index in [1.807, 2.05) is 30.6 Å². The van der Waals surface area contributed by atoms with Crippen LogP contribution in [0.1, 0.15) is 25.2 Å². The highest BCUT2D eigenvalue weighted by atomic mass is 19.1. The second-order valence-corrected chi connectivity index (χ2v) is 5.45. The molecule has 1 heterocycles. The van der Waals surface area contributed by atoms with Gasteiger partial charge in [-0.15, -0.1) is 0 Å². The zero-order valence-electron chi connectivity index (χ0n) is 13.2. The summed E-state index contributed by atoms with van der Waals surface area (Å²) in [5.74, 6) is 0.358. The van der Waals surface area contributed by atoms with E-state index in [-0.39, 0.29) is 17.4 Å². The van der Waals surface area contributed by atoms with Crippen molar-refractivity contribution in [1.82, 2.24) is 9.55 Å². The number of benzene rings is 2. The third-order valence-electron chi connectivity index (χ3n) is 4.06. The summed E-state index contributed by atoms with van der Waals surface area (Å²) in [5.41, 5.74) is 1.19. The standard InChI is InChI=1S/C18H18FN3O/c1-3-15(20-2)17-21-16-7-5-4-6-14(16)18(23)22(17)13-10-8-12(19)9-11-13/h4-11,15,20H,3H2,1-2H3/p+1/t15-/m1/s1. The number of hydrogen-bond acceptors (Lipinski definition) is 2. The van der Waals surface area contributed by atoms with Crippen LogP contribution in [0.4, 0.5) is 4.39 Å². The first-order valence-electron chi connectivity index (χ1n) is 7.72. The molecule has 23 heavy (non-hydrogen) atoms. The lowest BCUT2D eigenvalue weighted by molar-refractivity contribution is -0.672. The summed E-state index contributed by atoms with van der Waals surface area (Å²) in [7, 11) is 1.96. The van der Waals surface area contributed by atoms with Crippen LogP contribution in [0.3, 0.4) is 0 Å². The fourth-order valence-electron chi connectivity index (χ4n) is 2.81. The predicted octanol–water partition coefficient (Wildman–Crippen LogP) is 2.17. The number of fused-ring (bicyclic) bond motifs is 1. The molecule has 0 aliphatic rings. The molecule has 3 rings (SSSR count). The van der Waals surface area contributed by atoms with E-state index in [1.165, 1.54) is 12.1 Å². The number of quaternary nitrogens is 1. The molecule has 0 amide bonds. The van der Waals surface area contributed by atoms with Crippen LogP contribution in [0.25, 0.3) is 16.6 Å². The maximum absolute atomic E-state index is 13.2. The van der Waals surface area contributed by atoms with Crippen molar-refractivity contribution in [2.75, 3.05) is 7.05 Å². The highest BCUT2D eigenvalue weighted by molar-refractivity contribution is 5.77. The molecule has 118 valence electrons. The molecule has 1 atom stereocenters. The Balaban J connectivity index is 2.36. The van der Waals surface area contributed by atoms with Crippen LogP contribution in [0.2, 0.25) is 0 Å². The minimum absolute atomic E-state index is 0.0531. The molecule has 0 saturated heterocycles. The summed E-state index contributed by atoms with van der Waals surface area (Å²) >= 11 is 0. The number of aromatic nitrogens is 2. The van der Waals surface area contributed by atoms with Crippen LogP contribution in [-0.4, -0.2) is 16.6 Å². The topological polar surface area (TPSA) is 51.5 Å². The quantitative estimate of drug-likeness (QED) is 0.803. The average Bonchev–Trinajstić information content (AvgIpc) is 2.57. The van der Waals surface area contributed by atoms with Crippen molar-refractivity contribution in [3.05, 3.63) is 70.5 Å². The molecule has 3 aromatic rings. The molecule has 1 aromatic heterocycles. The minimum Gasteiger partial charge on any atom is -0.340 e. The van der Waals surface area contributed by atoms with Gasteiger partial charge in [-0.25, -0.2) is 9.37 Å². The first-order valence-corrected chi connectivity index (χ1v) is 7.72. The van der Waals surface area contributed by atoms with E-state index < -0.39 is 0 Å². The molecule has 0 bridgehead atoms. The predicted molar refractivity (Wildman–Crippen MR) is 88.2 cm³/mol. The van der Waals surface area contributed by atoms with Gasteiger partial charge >= 0.3 is 0 Å². The van der Waals surface area contributed by atoms with Crippen molar-refractivity contribution in [3.8, 4) is 5.69 Å². The Bertz CT molecular complexity index is 883. The highest BCUT2D eigenvalue weighted by Crippen LogP contribution is 2.18. The van der Waals surface area contributed by atoms with Crippen molar-refractivity contribution in [2.24, 2.45) is 0 Å². The Morgan fingerprint density at radius 3 is 2.52 bits per heavy atom. The second kappa shape index (κ2) is 6.30. The normalized spacial score (nSPS) is 12.5. The van der Waals surface area contributed by atoms with Crippen LogP contribution >= 0.6 is 0 Å². The van der Waals surface area contributed by atoms with E-state index in [9.17, 15) is 9.18 Å². The molecule has 5 heteroatoms. The first kappa shape index (κ1) is 15.4. The minimum atomic E-state index is -0.328. The van der Waals surface area contributed by atoms with Gasteiger partial charge < -0.3 is 5.32 Å². The Morgan fingerprint density at radius 2 is 1.87 bits per heavy atom. The average molecular weight is 312 g/mol. The molecular weight excluding hydrogens is 293 g/mol. The molecule has 2 aromatic carbocycles. The van der Waals surface area contributed by atoms with Crippen LogP contribution in [0.5, 0.6) is 0 Å². The van der Waals surface area contributed by atoms with Gasteiger partial charge in [0.1, 0.15) is 11.9 Å². The van der Waals surface area contributed by atoms with Gasteiger partial charge in [0.25, 0.3) is 5.56 Å². The zero-order chi connectivity index (χ0) is 16.4. The summed E-state index contributed by atoms with van der Waals surface area (Å²) in [5, 5.41) is 2.60. The number of halogens is 1. The maximum Gasteiger partial charge on any atom is 0.266 e. The summed E-state index contributed by atoms with van der Waals surface area (Å²) in [6.45, 7) is 2.06. The second-order valence-electron chi connectivity index (χ2n) is 5.45. The Morgan fingerprint density at radius 1 is 1.17 bits per heavy atom. The van der Waals surface area contributed by atoms with E-state index in [0.717, 1.165) is 6.42 Å². The van der Waals surface area contributed by atoms with Crippen molar-refractivity contribution in [3.63, 3.8) is 0 Å². The zero-order valence-corrected chi connectivity index (χ0v) is 13.2. The Hall–Kier alpha value is -2.53. The summed E-state index contributed by atoms with van der Waals surface area (Å²) in [6, 6.07) is 13.3. The van der Waals surface area contributed by atoms with Crippen molar-refractivity contribution in [1.29, 1.82) is 0 Å². The number of hydrogen-bond donors (Lipinski definition) is 1. The van der Waals surface area contributed by atoms with Crippen LogP contribution in [0, 0.1) is 5.82 Å². The molecule has 2 N–H and O–H groups in total. The van der Waals surface area contributed by atoms with Gasteiger partial charge in [0.2, 0.25) is 0 Å². The van der Waals surface area contributed by atoms with Crippen molar-refractivity contribution >= 4 is 10.9 Å². The summed E-state index contributed by atoms with van der Waals surface area (Å²) < 4.78 is 14.8. The molecule has 0 aliphatic carbocycles. The van der Waals surface area contributed by atoms with Gasteiger partial charge in [-0.1, -0.05) is 19.1 Å². The summed E-state index contributed by atoms with van der Waals surface area (Å²) in [6.07, 6.45) is 0.836. The number of rotatable bonds is 4. The third-order valence-corrected chi connectivity index (χ3v) is 4.06. The van der Waals surface area contributed by atoms with Crippen LogP contribution in [-0.2, 0) is 0 Å². The molecule has 0 spiro atoms. The molecule has 0 aliphatic heterocycles. The largest absolute Gasteiger partial charge is 0.340 e. The molecule has 0 unspecified atom stereocenters. The maximum atomic E-state index is 13.2.